The van der Waals surface area contributed by atoms with Gasteiger partial charge in [-0.25, -0.2) is 4.98 Å². The van der Waals surface area contributed by atoms with Gasteiger partial charge in [-0.2, -0.15) is 0 Å². The minimum absolute atomic E-state index is 0.0126. The predicted octanol–water partition coefficient (Wildman–Crippen LogP) is 3.53. The standard InChI is InChI=1S/C15H12N2O2.C5H10.C3H7NO2/c1-16-14(18)10-6-8-11(9-7-10)15-17-12-4-2-3-5-13(12)19-15;1-2-4-5-3-1;5-2-1-4-3-6/h2-9H,1H3,(H,16,18);1-5H2;3,5H,1-2H2,(H,4,6). The van der Waals surface area contributed by atoms with Gasteiger partial charge in [0.1, 0.15) is 5.52 Å². The molecule has 3 N–H and O–H groups in total. The first-order chi connectivity index (χ1) is 14.7. The highest BCUT2D eigenvalue weighted by molar-refractivity contribution is 5.94. The average molecular weight is 412 g/mol. The SMILES string of the molecule is C1CCCC1.CNC(=O)c1ccc(-c2nc3ccccc3o2)cc1.O=CNCCO. The Morgan fingerprint density at radius 2 is 1.70 bits per heavy atom. The van der Waals surface area contributed by atoms with E-state index in [-0.39, 0.29) is 12.5 Å². The molecule has 0 radical (unpaired) electrons. The van der Waals surface area contributed by atoms with Crippen molar-refractivity contribution in [1.82, 2.24) is 15.6 Å². The van der Waals surface area contributed by atoms with Crippen molar-refractivity contribution >= 4 is 23.4 Å². The summed E-state index contributed by atoms with van der Waals surface area (Å²) in [7, 11) is 1.61. The molecule has 4 rings (SSSR count). The topological polar surface area (TPSA) is 104 Å². The van der Waals surface area contributed by atoms with Crippen LogP contribution < -0.4 is 10.6 Å². The van der Waals surface area contributed by atoms with Crippen molar-refractivity contribution in [3.63, 3.8) is 0 Å². The smallest absolute Gasteiger partial charge is 0.251 e. The molecular weight excluding hydrogens is 382 g/mol. The normalized spacial score (nSPS) is 12.2. The lowest BCUT2D eigenvalue weighted by atomic mass is 10.1. The average Bonchev–Trinajstić information content (AvgIpc) is 3.51. The van der Waals surface area contributed by atoms with Gasteiger partial charge in [0.2, 0.25) is 12.3 Å². The maximum atomic E-state index is 11.5. The van der Waals surface area contributed by atoms with Gasteiger partial charge in [0.15, 0.2) is 5.58 Å². The van der Waals surface area contributed by atoms with Gasteiger partial charge in [-0.3, -0.25) is 9.59 Å². The maximum absolute atomic E-state index is 11.5. The first-order valence-corrected chi connectivity index (χ1v) is 10.2. The molecule has 0 atom stereocenters. The van der Waals surface area contributed by atoms with E-state index in [1.807, 2.05) is 36.4 Å². The van der Waals surface area contributed by atoms with Crippen LogP contribution in [0.25, 0.3) is 22.6 Å². The number of rotatable bonds is 5. The molecule has 0 unspecified atom stereocenters. The van der Waals surface area contributed by atoms with E-state index >= 15 is 0 Å². The summed E-state index contributed by atoms with van der Waals surface area (Å²) < 4.78 is 5.67. The van der Waals surface area contributed by atoms with Gasteiger partial charge >= 0.3 is 0 Å². The third-order valence-corrected chi connectivity index (χ3v) is 4.50. The fourth-order valence-electron chi connectivity index (χ4n) is 2.91. The van der Waals surface area contributed by atoms with Crippen LogP contribution in [-0.2, 0) is 4.79 Å². The van der Waals surface area contributed by atoms with Crippen LogP contribution in [0.1, 0.15) is 42.5 Å². The number of carbonyl (C=O) groups excluding carboxylic acids is 2. The molecule has 0 bridgehead atoms. The highest BCUT2D eigenvalue weighted by Gasteiger charge is 2.09. The molecule has 1 aromatic heterocycles. The second kappa shape index (κ2) is 13.1. The number of oxazole rings is 1. The Hall–Kier alpha value is -3.19. The van der Waals surface area contributed by atoms with Crippen LogP contribution >= 0.6 is 0 Å². The molecule has 0 saturated heterocycles. The van der Waals surface area contributed by atoms with E-state index in [2.05, 4.69) is 15.6 Å². The van der Waals surface area contributed by atoms with Crippen LogP contribution in [0.5, 0.6) is 0 Å². The largest absolute Gasteiger partial charge is 0.436 e. The molecule has 1 heterocycles. The summed E-state index contributed by atoms with van der Waals surface area (Å²) in [6.45, 7) is 0.363. The second-order valence-corrected chi connectivity index (χ2v) is 6.71. The van der Waals surface area contributed by atoms with Crippen LogP contribution in [0.2, 0.25) is 0 Å². The fraction of sp³-hybridized carbons (Fsp3) is 0.348. The Morgan fingerprint density at radius 3 is 2.20 bits per heavy atom. The number of nitrogens with zero attached hydrogens (tertiary/aromatic N) is 1. The number of fused-ring (bicyclic) bond motifs is 1. The Labute approximate surface area is 176 Å². The Morgan fingerprint density at radius 1 is 1.07 bits per heavy atom. The number of aliphatic hydroxyl groups is 1. The predicted molar refractivity (Wildman–Crippen MR) is 117 cm³/mol. The molecule has 0 aliphatic heterocycles. The van der Waals surface area contributed by atoms with Gasteiger partial charge in [0.25, 0.3) is 5.91 Å². The molecular formula is C23H29N3O4. The lowest BCUT2D eigenvalue weighted by Crippen LogP contribution is -2.17. The zero-order valence-corrected chi connectivity index (χ0v) is 17.3. The van der Waals surface area contributed by atoms with Gasteiger partial charge in [0, 0.05) is 24.7 Å². The Balaban J connectivity index is 0.000000239. The summed E-state index contributed by atoms with van der Waals surface area (Å²) in [6, 6.07) is 14.8. The van der Waals surface area contributed by atoms with Gasteiger partial charge in [0.05, 0.1) is 6.61 Å². The molecule has 1 aliphatic carbocycles. The van der Waals surface area contributed by atoms with Crippen LogP contribution in [0.3, 0.4) is 0 Å². The third-order valence-electron chi connectivity index (χ3n) is 4.50. The first-order valence-electron chi connectivity index (χ1n) is 10.2. The lowest BCUT2D eigenvalue weighted by molar-refractivity contribution is -0.109. The lowest BCUT2D eigenvalue weighted by Gasteiger charge is -2.00. The third kappa shape index (κ3) is 7.33. The molecule has 0 spiro atoms. The molecule has 2 aromatic carbocycles. The van der Waals surface area contributed by atoms with E-state index < -0.39 is 0 Å². The number of aliphatic hydroxyl groups excluding tert-OH is 1. The van der Waals surface area contributed by atoms with E-state index in [1.165, 1.54) is 32.1 Å². The van der Waals surface area contributed by atoms with Crippen molar-refractivity contribution in [1.29, 1.82) is 0 Å². The van der Waals surface area contributed by atoms with Crippen molar-refractivity contribution in [3.8, 4) is 11.5 Å². The van der Waals surface area contributed by atoms with Crippen molar-refractivity contribution in [2.75, 3.05) is 20.2 Å². The Bertz CT molecular complexity index is 862. The zero-order valence-electron chi connectivity index (χ0n) is 17.3. The number of hydrogen-bond acceptors (Lipinski definition) is 5. The van der Waals surface area contributed by atoms with Crippen molar-refractivity contribution in [2.45, 2.75) is 32.1 Å². The van der Waals surface area contributed by atoms with E-state index in [0.717, 1.165) is 16.7 Å². The quantitative estimate of drug-likeness (QED) is 0.440. The highest BCUT2D eigenvalue weighted by Crippen LogP contribution is 2.24. The number of aromatic nitrogens is 1. The van der Waals surface area contributed by atoms with Crippen LogP contribution in [-0.4, -0.2) is 42.6 Å². The van der Waals surface area contributed by atoms with Gasteiger partial charge in [-0.15, -0.1) is 0 Å². The second-order valence-electron chi connectivity index (χ2n) is 6.71. The van der Waals surface area contributed by atoms with Gasteiger partial charge < -0.3 is 20.2 Å². The monoisotopic (exact) mass is 411 g/mol. The fourth-order valence-corrected chi connectivity index (χ4v) is 2.91. The number of benzene rings is 2. The summed E-state index contributed by atoms with van der Waals surface area (Å²) in [5.74, 6) is 0.453. The van der Waals surface area contributed by atoms with Crippen LogP contribution in [0.4, 0.5) is 0 Å². The molecule has 1 fully saturated rings. The number of amides is 2. The van der Waals surface area contributed by atoms with Crippen molar-refractivity contribution < 1.29 is 19.1 Å². The number of para-hydroxylation sites is 2. The molecule has 7 nitrogen and oxygen atoms in total. The van der Waals surface area contributed by atoms with Crippen molar-refractivity contribution in [3.05, 3.63) is 54.1 Å². The van der Waals surface area contributed by atoms with Gasteiger partial charge in [-0.05, 0) is 36.4 Å². The minimum atomic E-state index is -0.107. The van der Waals surface area contributed by atoms with E-state index in [0.29, 0.717) is 24.4 Å². The summed E-state index contributed by atoms with van der Waals surface area (Å²) in [6.07, 6.45) is 8.05. The number of nitrogens with one attached hydrogen (secondary N) is 2. The summed E-state index contributed by atoms with van der Waals surface area (Å²) in [5, 5.41) is 12.8. The zero-order chi connectivity index (χ0) is 21.6. The number of hydrogen-bond donors (Lipinski definition) is 3. The molecule has 1 saturated carbocycles. The summed E-state index contributed by atoms with van der Waals surface area (Å²) in [5.41, 5.74) is 3.05. The maximum Gasteiger partial charge on any atom is 0.251 e. The molecule has 160 valence electrons. The van der Waals surface area contributed by atoms with Gasteiger partial charge in [-0.1, -0.05) is 44.2 Å². The Kier molecular flexibility index (Phi) is 10.1. The van der Waals surface area contributed by atoms with Crippen LogP contribution in [0.15, 0.2) is 52.9 Å². The molecule has 1 aliphatic rings. The van der Waals surface area contributed by atoms with Crippen LogP contribution in [0, 0.1) is 0 Å². The number of carbonyl (C=O) groups is 2. The minimum Gasteiger partial charge on any atom is -0.436 e. The van der Waals surface area contributed by atoms with Crippen molar-refractivity contribution in [2.24, 2.45) is 0 Å². The molecule has 2 amide bonds. The molecule has 30 heavy (non-hydrogen) atoms. The van der Waals surface area contributed by atoms with E-state index in [4.69, 9.17) is 9.52 Å². The molecule has 7 heteroatoms. The van der Waals surface area contributed by atoms with E-state index in [1.54, 1.807) is 19.2 Å². The van der Waals surface area contributed by atoms with E-state index in [9.17, 15) is 9.59 Å². The first kappa shape index (κ1) is 23.1. The molecule has 3 aromatic rings. The summed E-state index contributed by atoms with van der Waals surface area (Å²) >= 11 is 0. The highest BCUT2D eigenvalue weighted by atomic mass is 16.3. The summed E-state index contributed by atoms with van der Waals surface area (Å²) in [4.78, 5) is 25.2.